The maximum atomic E-state index is 12.5. The first-order chi connectivity index (χ1) is 12.9. The normalized spacial score (nSPS) is 11.8. The Labute approximate surface area is 155 Å². The van der Waals surface area contributed by atoms with Crippen molar-refractivity contribution in [1.82, 2.24) is 15.6 Å². The molecule has 0 saturated heterocycles. The lowest BCUT2D eigenvalue weighted by molar-refractivity contribution is -0.274. The highest BCUT2D eigenvalue weighted by molar-refractivity contribution is 5.79. The van der Waals surface area contributed by atoms with Gasteiger partial charge < -0.3 is 20.1 Å². The van der Waals surface area contributed by atoms with Gasteiger partial charge in [-0.2, -0.15) is 0 Å². The van der Waals surface area contributed by atoms with Gasteiger partial charge in [0.15, 0.2) is 5.96 Å². The van der Waals surface area contributed by atoms with Gasteiger partial charge in [-0.05, 0) is 19.1 Å². The zero-order valence-electron chi connectivity index (χ0n) is 15.0. The van der Waals surface area contributed by atoms with Gasteiger partial charge in [-0.1, -0.05) is 24.3 Å². The topological polar surface area (TPSA) is 67.8 Å². The number of hydrogen-bond acceptors (Lipinski definition) is 4. The fourth-order valence-corrected chi connectivity index (χ4v) is 2.21. The number of nitrogens with one attached hydrogen (secondary N) is 2. The molecule has 9 heteroatoms. The molecule has 0 radical (unpaired) electrons. The molecule has 1 heterocycles. The summed E-state index contributed by atoms with van der Waals surface area (Å²) in [5.74, 6) is 0.678. The number of alkyl halides is 3. The van der Waals surface area contributed by atoms with Crippen molar-refractivity contribution in [2.75, 3.05) is 13.7 Å². The Hall–Kier alpha value is -2.97. The molecule has 27 heavy (non-hydrogen) atoms. The van der Waals surface area contributed by atoms with Crippen molar-refractivity contribution in [2.45, 2.75) is 26.4 Å². The molecule has 2 aromatic rings. The number of guanidine groups is 1. The highest BCUT2D eigenvalue weighted by Gasteiger charge is 2.31. The second-order valence-corrected chi connectivity index (χ2v) is 5.38. The van der Waals surface area contributed by atoms with E-state index in [1.54, 1.807) is 12.1 Å². The van der Waals surface area contributed by atoms with Gasteiger partial charge in [0.1, 0.15) is 5.75 Å². The predicted octanol–water partition coefficient (Wildman–Crippen LogP) is 3.24. The number of hydrogen-bond donors (Lipinski definition) is 2. The fourth-order valence-electron chi connectivity index (χ4n) is 2.21. The van der Waals surface area contributed by atoms with Crippen molar-refractivity contribution in [1.29, 1.82) is 0 Å². The monoisotopic (exact) mass is 382 g/mol. The molecule has 0 amide bonds. The fraction of sp³-hybridized carbons (Fsp3) is 0.333. The van der Waals surface area contributed by atoms with Crippen molar-refractivity contribution in [3.8, 4) is 11.6 Å². The van der Waals surface area contributed by atoms with Gasteiger partial charge in [0.05, 0.1) is 25.9 Å². The molecule has 1 aromatic carbocycles. The lowest BCUT2D eigenvalue weighted by Crippen LogP contribution is -2.37. The smallest absolute Gasteiger partial charge is 0.481 e. The Kier molecular flexibility index (Phi) is 7.27. The lowest BCUT2D eigenvalue weighted by Gasteiger charge is -2.14. The summed E-state index contributed by atoms with van der Waals surface area (Å²) in [6.45, 7) is 2.89. The van der Waals surface area contributed by atoms with E-state index >= 15 is 0 Å². The number of rotatable bonds is 7. The number of benzene rings is 1. The van der Waals surface area contributed by atoms with Crippen molar-refractivity contribution in [3.63, 3.8) is 0 Å². The van der Waals surface area contributed by atoms with Crippen LogP contribution in [0.3, 0.4) is 0 Å². The van der Waals surface area contributed by atoms with Crippen LogP contribution in [0.15, 0.2) is 47.5 Å². The van der Waals surface area contributed by atoms with Crippen LogP contribution in [0, 0.1) is 0 Å². The number of aliphatic imine (C=N–C) groups is 1. The van der Waals surface area contributed by atoms with Gasteiger partial charge in [0.2, 0.25) is 5.88 Å². The van der Waals surface area contributed by atoms with E-state index in [4.69, 9.17) is 4.74 Å². The minimum Gasteiger partial charge on any atom is -0.481 e. The van der Waals surface area contributed by atoms with Crippen molar-refractivity contribution >= 4 is 5.96 Å². The van der Waals surface area contributed by atoms with Crippen LogP contribution in [0.2, 0.25) is 0 Å². The Bertz CT molecular complexity index is 766. The van der Waals surface area contributed by atoms with Crippen LogP contribution in [0.25, 0.3) is 0 Å². The van der Waals surface area contributed by atoms with Crippen molar-refractivity contribution < 1.29 is 22.6 Å². The third kappa shape index (κ3) is 7.04. The van der Waals surface area contributed by atoms with Gasteiger partial charge in [-0.15, -0.1) is 13.2 Å². The van der Waals surface area contributed by atoms with Crippen LogP contribution in [0.1, 0.15) is 18.2 Å². The highest BCUT2D eigenvalue weighted by atomic mass is 19.4. The minimum atomic E-state index is -4.75. The maximum absolute atomic E-state index is 12.5. The number of pyridine rings is 1. The molecule has 2 rings (SSSR count). The average molecular weight is 382 g/mol. The van der Waals surface area contributed by atoms with Crippen LogP contribution in [-0.4, -0.2) is 31.0 Å². The summed E-state index contributed by atoms with van der Waals surface area (Å²) in [6, 6.07) is 11.3. The maximum Gasteiger partial charge on any atom is 0.573 e. The quantitative estimate of drug-likeness (QED) is 0.568. The molecule has 0 atom stereocenters. The Balaban J connectivity index is 2.07. The van der Waals surface area contributed by atoms with E-state index in [-0.39, 0.29) is 12.3 Å². The lowest BCUT2D eigenvalue weighted by atomic mass is 10.2. The van der Waals surface area contributed by atoms with Crippen LogP contribution in [0.4, 0.5) is 13.2 Å². The second-order valence-electron chi connectivity index (χ2n) is 5.38. The van der Waals surface area contributed by atoms with Gasteiger partial charge in [-0.25, -0.2) is 9.98 Å². The number of nitrogens with zero attached hydrogens (tertiary/aromatic N) is 2. The molecule has 0 aliphatic carbocycles. The Morgan fingerprint density at radius 2 is 1.89 bits per heavy atom. The molecule has 0 fully saturated rings. The number of methoxy groups -OCH3 is 1. The van der Waals surface area contributed by atoms with Crippen molar-refractivity contribution in [3.05, 3.63) is 53.7 Å². The number of ether oxygens (including phenoxy) is 2. The summed E-state index contributed by atoms with van der Waals surface area (Å²) in [5, 5.41) is 6.12. The molecule has 0 aliphatic heterocycles. The standard InChI is InChI=1S/C18H21F3N4O2/c1-3-22-17(24-12-14-8-6-10-16(25-14)26-2)23-11-13-7-4-5-9-15(13)27-18(19,20)21/h4-10H,3,11-12H2,1-2H3,(H2,22,23,24). The third-order valence-corrected chi connectivity index (χ3v) is 3.38. The van der Waals surface area contributed by atoms with Gasteiger partial charge in [0.25, 0.3) is 0 Å². The molecule has 0 saturated carbocycles. The predicted molar refractivity (Wildman–Crippen MR) is 95.6 cm³/mol. The molecule has 2 N–H and O–H groups in total. The van der Waals surface area contributed by atoms with Crippen LogP contribution in [-0.2, 0) is 13.1 Å². The SMILES string of the molecule is CCNC(=NCc1ccccc1OC(F)(F)F)NCc1cccc(OC)n1. The molecule has 0 unspecified atom stereocenters. The minimum absolute atomic E-state index is 0.0210. The zero-order chi connectivity index (χ0) is 19.7. The van der Waals surface area contributed by atoms with E-state index in [0.29, 0.717) is 30.5 Å². The van der Waals surface area contributed by atoms with E-state index in [9.17, 15) is 13.2 Å². The molecule has 6 nitrogen and oxygen atoms in total. The van der Waals surface area contributed by atoms with E-state index in [1.807, 2.05) is 19.1 Å². The van der Waals surface area contributed by atoms with E-state index < -0.39 is 6.36 Å². The summed E-state index contributed by atoms with van der Waals surface area (Å²) in [5.41, 5.74) is 1.06. The summed E-state index contributed by atoms with van der Waals surface area (Å²) >= 11 is 0. The largest absolute Gasteiger partial charge is 0.573 e. The average Bonchev–Trinajstić information content (AvgIpc) is 2.64. The Morgan fingerprint density at radius 3 is 2.59 bits per heavy atom. The molecule has 1 aromatic heterocycles. The molecule has 146 valence electrons. The summed E-state index contributed by atoms with van der Waals surface area (Å²) < 4.78 is 46.7. The Morgan fingerprint density at radius 1 is 1.11 bits per heavy atom. The summed E-state index contributed by atoms with van der Waals surface area (Å²) in [7, 11) is 1.53. The van der Waals surface area contributed by atoms with Gasteiger partial charge in [-0.3, -0.25) is 0 Å². The van der Waals surface area contributed by atoms with Crippen LogP contribution in [0.5, 0.6) is 11.6 Å². The van der Waals surface area contributed by atoms with E-state index in [1.165, 1.54) is 25.3 Å². The third-order valence-electron chi connectivity index (χ3n) is 3.38. The van der Waals surface area contributed by atoms with Crippen LogP contribution < -0.4 is 20.1 Å². The zero-order valence-corrected chi connectivity index (χ0v) is 15.0. The van der Waals surface area contributed by atoms with E-state index in [2.05, 4.69) is 25.3 Å². The molecular weight excluding hydrogens is 361 g/mol. The molecule has 0 aliphatic rings. The number of halogens is 3. The summed E-state index contributed by atoms with van der Waals surface area (Å²) in [4.78, 5) is 8.60. The molecule has 0 spiro atoms. The number of para-hydroxylation sites is 1. The first-order valence-corrected chi connectivity index (χ1v) is 8.27. The molecular formula is C18H21F3N4O2. The molecule has 0 bridgehead atoms. The first kappa shape index (κ1) is 20.3. The first-order valence-electron chi connectivity index (χ1n) is 8.27. The number of aromatic nitrogens is 1. The van der Waals surface area contributed by atoms with Crippen molar-refractivity contribution in [2.24, 2.45) is 4.99 Å². The van der Waals surface area contributed by atoms with Crippen LogP contribution >= 0.6 is 0 Å². The summed E-state index contributed by atoms with van der Waals surface area (Å²) in [6.07, 6.45) is -4.75. The van der Waals surface area contributed by atoms with Gasteiger partial charge in [0, 0.05) is 18.2 Å². The van der Waals surface area contributed by atoms with E-state index in [0.717, 1.165) is 5.69 Å². The second kappa shape index (κ2) is 9.65. The van der Waals surface area contributed by atoms with Gasteiger partial charge >= 0.3 is 6.36 Å². The highest BCUT2D eigenvalue weighted by Crippen LogP contribution is 2.26.